The molecule has 0 aliphatic heterocycles. The van der Waals surface area contributed by atoms with E-state index in [0.717, 1.165) is 0 Å². The van der Waals surface area contributed by atoms with Crippen molar-refractivity contribution in [1.29, 1.82) is 0 Å². The maximum atomic E-state index is 12.6. The zero-order chi connectivity index (χ0) is 17.4. The van der Waals surface area contributed by atoms with Crippen molar-refractivity contribution in [1.82, 2.24) is 10.2 Å². The number of methoxy groups -OCH3 is 1. The lowest BCUT2D eigenvalue weighted by atomic mass is 10.1. The first-order valence-electron chi connectivity index (χ1n) is 7.22. The van der Waals surface area contributed by atoms with Crippen LogP contribution in [-0.2, 0) is 14.3 Å². The molecule has 1 atom stereocenters. The zero-order valence-corrected chi connectivity index (χ0v) is 14.2. The summed E-state index contributed by atoms with van der Waals surface area (Å²) in [5.74, 6) is -1.30. The lowest BCUT2D eigenvalue weighted by molar-refractivity contribution is -0.145. The molecule has 0 aromatic heterocycles. The molecular formula is C16H21ClN2O4. The number of hydrogen-bond acceptors (Lipinski definition) is 4. The standard InChI is InChI=1S/C16H21ClN2O4/c1-11(16(22)23-3)10-19(8-7-18-12(2)20)15(21)13-5-4-6-14(17)9-13/h4-6,9,11H,7-8,10H2,1-3H3,(H,18,20). The predicted molar refractivity (Wildman–Crippen MR) is 87.2 cm³/mol. The summed E-state index contributed by atoms with van der Waals surface area (Å²) in [6, 6.07) is 6.59. The number of benzene rings is 1. The van der Waals surface area contributed by atoms with Crippen LogP contribution in [0.3, 0.4) is 0 Å². The highest BCUT2D eigenvalue weighted by atomic mass is 35.5. The topological polar surface area (TPSA) is 75.7 Å². The van der Waals surface area contributed by atoms with Crippen LogP contribution in [0.25, 0.3) is 0 Å². The molecule has 0 saturated carbocycles. The van der Waals surface area contributed by atoms with E-state index >= 15 is 0 Å². The molecule has 1 aromatic rings. The van der Waals surface area contributed by atoms with Gasteiger partial charge in [0.05, 0.1) is 13.0 Å². The van der Waals surface area contributed by atoms with E-state index < -0.39 is 11.9 Å². The van der Waals surface area contributed by atoms with E-state index in [1.807, 2.05) is 0 Å². The van der Waals surface area contributed by atoms with Gasteiger partial charge in [-0.05, 0) is 18.2 Å². The van der Waals surface area contributed by atoms with Crippen LogP contribution in [0.15, 0.2) is 24.3 Å². The van der Waals surface area contributed by atoms with Gasteiger partial charge < -0.3 is 15.0 Å². The van der Waals surface area contributed by atoms with Crippen molar-refractivity contribution in [2.75, 3.05) is 26.7 Å². The number of amides is 2. The molecule has 2 amide bonds. The van der Waals surface area contributed by atoms with Gasteiger partial charge in [0, 0.05) is 37.1 Å². The van der Waals surface area contributed by atoms with Crippen LogP contribution in [-0.4, -0.2) is 49.4 Å². The Bertz CT molecular complexity index is 577. The maximum absolute atomic E-state index is 12.6. The van der Waals surface area contributed by atoms with E-state index in [-0.39, 0.29) is 24.9 Å². The van der Waals surface area contributed by atoms with Gasteiger partial charge in [-0.25, -0.2) is 0 Å². The molecule has 1 unspecified atom stereocenters. The smallest absolute Gasteiger partial charge is 0.310 e. The molecule has 0 fully saturated rings. The molecule has 0 aliphatic rings. The van der Waals surface area contributed by atoms with Crippen LogP contribution >= 0.6 is 11.6 Å². The van der Waals surface area contributed by atoms with Crippen LogP contribution < -0.4 is 5.32 Å². The molecule has 126 valence electrons. The van der Waals surface area contributed by atoms with E-state index in [9.17, 15) is 14.4 Å². The third-order valence-corrected chi connectivity index (χ3v) is 3.45. The summed E-state index contributed by atoms with van der Waals surface area (Å²) in [6.45, 7) is 3.86. The highest BCUT2D eigenvalue weighted by Gasteiger charge is 2.22. The number of carbonyl (C=O) groups is 3. The van der Waals surface area contributed by atoms with Gasteiger partial charge >= 0.3 is 5.97 Å². The number of carbonyl (C=O) groups excluding carboxylic acids is 3. The first-order chi connectivity index (χ1) is 10.8. The van der Waals surface area contributed by atoms with E-state index in [1.54, 1.807) is 31.2 Å². The van der Waals surface area contributed by atoms with Crippen molar-refractivity contribution in [3.63, 3.8) is 0 Å². The molecule has 0 saturated heterocycles. The summed E-state index contributed by atoms with van der Waals surface area (Å²) in [4.78, 5) is 36.7. The quantitative estimate of drug-likeness (QED) is 0.767. The third kappa shape index (κ3) is 6.28. The van der Waals surface area contributed by atoms with Crippen molar-refractivity contribution in [3.8, 4) is 0 Å². The Morgan fingerprint density at radius 2 is 2.04 bits per heavy atom. The molecule has 0 heterocycles. The number of ether oxygens (including phenoxy) is 1. The number of rotatable bonds is 7. The molecule has 6 nitrogen and oxygen atoms in total. The maximum Gasteiger partial charge on any atom is 0.310 e. The van der Waals surface area contributed by atoms with E-state index in [1.165, 1.54) is 18.9 Å². The molecule has 0 bridgehead atoms. The van der Waals surface area contributed by atoms with Crippen LogP contribution in [0.2, 0.25) is 5.02 Å². The largest absolute Gasteiger partial charge is 0.469 e. The Kier molecular flexibility index (Phi) is 7.54. The first kappa shape index (κ1) is 19.0. The molecular weight excluding hydrogens is 320 g/mol. The molecule has 0 radical (unpaired) electrons. The Hall–Kier alpha value is -2.08. The lowest BCUT2D eigenvalue weighted by Gasteiger charge is -2.25. The van der Waals surface area contributed by atoms with Gasteiger partial charge in [0.1, 0.15) is 0 Å². The average Bonchev–Trinajstić information content (AvgIpc) is 2.51. The molecule has 1 rings (SSSR count). The summed E-state index contributed by atoms with van der Waals surface area (Å²) in [6.07, 6.45) is 0. The first-order valence-corrected chi connectivity index (χ1v) is 7.60. The predicted octanol–water partition coefficient (Wildman–Crippen LogP) is 1.73. The van der Waals surface area contributed by atoms with Crippen LogP contribution in [0.4, 0.5) is 0 Å². The minimum atomic E-state index is -0.472. The summed E-state index contributed by atoms with van der Waals surface area (Å²) < 4.78 is 4.69. The number of halogens is 1. The van der Waals surface area contributed by atoms with Gasteiger partial charge in [-0.1, -0.05) is 24.6 Å². The second kappa shape index (κ2) is 9.15. The Morgan fingerprint density at radius 1 is 1.35 bits per heavy atom. The minimum Gasteiger partial charge on any atom is -0.469 e. The molecule has 7 heteroatoms. The Labute approximate surface area is 140 Å². The van der Waals surface area contributed by atoms with E-state index in [4.69, 9.17) is 16.3 Å². The SMILES string of the molecule is COC(=O)C(C)CN(CCNC(C)=O)C(=O)c1cccc(Cl)c1. The lowest BCUT2D eigenvalue weighted by Crippen LogP contribution is -2.41. The second-order valence-electron chi connectivity index (χ2n) is 5.17. The van der Waals surface area contributed by atoms with Gasteiger partial charge in [-0.3, -0.25) is 14.4 Å². The number of nitrogens with one attached hydrogen (secondary N) is 1. The highest BCUT2D eigenvalue weighted by molar-refractivity contribution is 6.30. The molecule has 1 N–H and O–H groups in total. The van der Waals surface area contributed by atoms with Crippen molar-refractivity contribution in [3.05, 3.63) is 34.9 Å². The summed E-state index contributed by atoms with van der Waals surface area (Å²) in [5, 5.41) is 3.09. The van der Waals surface area contributed by atoms with Gasteiger partial charge in [0.2, 0.25) is 5.91 Å². The van der Waals surface area contributed by atoms with Crippen LogP contribution in [0.1, 0.15) is 24.2 Å². The minimum absolute atomic E-state index is 0.179. The number of nitrogens with zero attached hydrogens (tertiary/aromatic N) is 1. The van der Waals surface area contributed by atoms with E-state index in [2.05, 4.69) is 5.32 Å². The normalized spacial score (nSPS) is 11.5. The average molecular weight is 341 g/mol. The fourth-order valence-electron chi connectivity index (χ4n) is 2.05. The third-order valence-electron chi connectivity index (χ3n) is 3.21. The zero-order valence-electron chi connectivity index (χ0n) is 13.5. The Balaban J connectivity index is 2.86. The molecule has 23 heavy (non-hydrogen) atoms. The van der Waals surface area contributed by atoms with Crippen molar-refractivity contribution in [2.45, 2.75) is 13.8 Å². The fourth-order valence-corrected chi connectivity index (χ4v) is 2.24. The fraction of sp³-hybridized carbons (Fsp3) is 0.438. The second-order valence-corrected chi connectivity index (χ2v) is 5.61. The molecule has 0 spiro atoms. The van der Waals surface area contributed by atoms with Crippen molar-refractivity contribution < 1.29 is 19.1 Å². The van der Waals surface area contributed by atoms with Crippen LogP contribution in [0, 0.1) is 5.92 Å². The van der Waals surface area contributed by atoms with Crippen molar-refractivity contribution in [2.24, 2.45) is 5.92 Å². The monoisotopic (exact) mass is 340 g/mol. The molecule has 0 aliphatic carbocycles. The van der Waals surface area contributed by atoms with Gasteiger partial charge in [0.15, 0.2) is 0 Å². The van der Waals surface area contributed by atoms with Crippen molar-refractivity contribution >= 4 is 29.4 Å². The van der Waals surface area contributed by atoms with E-state index in [0.29, 0.717) is 17.1 Å². The summed E-state index contributed by atoms with van der Waals surface area (Å²) >= 11 is 5.92. The Morgan fingerprint density at radius 3 is 2.61 bits per heavy atom. The number of esters is 1. The highest BCUT2D eigenvalue weighted by Crippen LogP contribution is 2.14. The summed E-state index contributed by atoms with van der Waals surface area (Å²) in [5.41, 5.74) is 0.428. The van der Waals surface area contributed by atoms with Gasteiger partial charge in [0.25, 0.3) is 5.91 Å². The number of hydrogen-bond donors (Lipinski definition) is 1. The molecule has 1 aromatic carbocycles. The van der Waals surface area contributed by atoms with Gasteiger partial charge in [-0.15, -0.1) is 0 Å². The van der Waals surface area contributed by atoms with Gasteiger partial charge in [-0.2, -0.15) is 0 Å². The summed E-state index contributed by atoms with van der Waals surface area (Å²) in [7, 11) is 1.30. The van der Waals surface area contributed by atoms with Crippen LogP contribution in [0.5, 0.6) is 0 Å².